The van der Waals surface area contributed by atoms with E-state index < -0.39 is 0 Å². The van der Waals surface area contributed by atoms with Gasteiger partial charge in [0.25, 0.3) is 0 Å². The number of nitriles is 2. The van der Waals surface area contributed by atoms with E-state index in [9.17, 15) is 10.4 Å². The van der Waals surface area contributed by atoms with E-state index in [-0.39, 0.29) is 33.1 Å². The van der Waals surface area contributed by atoms with Crippen LogP contribution in [0.25, 0.3) is 11.3 Å². The summed E-state index contributed by atoms with van der Waals surface area (Å²) in [5.41, 5.74) is 1.66. The summed E-state index contributed by atoms with van der Waals surface area (Å²) in [7, 11) is 0. The molecule has 0 aliphatic carbocycles. The predicted molar refractivity (Wildman–Crippen MR) is 101 cm³/mol. The average Bonchev–Trinajstić information content (AvgIpc) is 2.52. The van der Waals surface area contributed by atoms with Crippen LogP contribution in [0.2, 0.25) is 5.15 Å². The van der Waals surface area contributed by atoms with Gasteiger partial charge in [-0.25, -0.2) is 9.97 Å². The maximum atomic E-state index is 10.8. The van der Waals surface area contributed by atoms with E-state index in [4.69, 9.17) is 16.9 Å². The number of aromatic nitrogens is 2. The largest absolute Gasteiger partial charge is 0.507 e. The minimum absolute atomic E-state index is 0.0472. The van der Waals surface area contributed by atoms with Crippen LogP contribution < -0.4 is 0 Å². The molecule has 134 valence electrons. The molecule has 1 aromatic heterocycles. The van der Waals surface area contributed by atoms with Gasteiger partial charge in [0.15, 0.2) is 16.5 Å². The van der Waals surface area contributed by atoms with Crippen LogP contribution in [0.1, 0.15) is 64.1 Å². The number of hydrogen-bond donors (Lipinski definition) is 1. The Morgan fingerprint density at radius 3 is 1.69 bits per heavy atom. The molecule has 0 amide bonds. The summed E-state index contributed by atoms with van der Waals surface area (Å²) in [5, 5.41) is 29.2. The maximum Gasteiger partial charge on any atom is 0.178 e. The predicted octanol–water partition coefficient (Wildman–Crippen LogP) is 4.84. The summed E-state index contributed by atoms with van der Waals surface area (Å²) >= 11 is 6.25. The molecular formula is C20H21ClN4O. The Kier molecular flexibility index (Phi) is 4.99. The number of phenols is 1. The fourth-order valence-corrected chi connectivity index (χ4v) is 2.90. The van der Waals surface area contributed by atoms with Gasteiger partial charge in [-0.1, -0.05) is 53.1 Å². The fourth-order valence-electron chi connectivity index (χ4n) is 2.67. The van der Waals surface area contributed by atoms with Crippen molar-refractivity contribution >= 4 is 11.6 Å². The zero-order chi connectivity index (χ0) is 19.9. The Morgan fingerprint density at radius 1 is 0.885 bits per heavy atom. The first kappa shape index (κ1) is 19.7. The third-order valence-electron chi connectivity index (χ3n) is 4.06. The first-order valence-corrected chi connectivity index (χ1v) is 8.54. The zero-order valence-corrected chi connectivity index (χ0v) is 16.5. The molecule has 0 spiro atoms. The summed E-state index contributed by atoms with van der Waals surface area (Å²) < 4.78 is 0. The standard InChI is InChI=1S/C20H21ClN4O/c1-19(2,3)12-7-11(8-13(17(12)26)20(4,5)6)16-18(21)25-15(10-23)14(9-22)24-16/h7-8,26H,1-6H3. The number of nitrogens with zero attached hydrogens (tertiary/aromatic N) is 4. The maximum absolute atomic E-state index is 10.8. The van der Waals surface area contributed by atoms with Crippen LogP contribution in [0.15, 0.2) is 12.1 Å². The smallest absolute Gasteiger partial charge is 0.178 e. The van der Waals surface area contributed by atoms with Crippen molar-refractivity contribution in [3.05, 3.63) is 39.8 Å². The summed E-state index contributed by atoms with van der Waals surface area (Å²) in [6, 6.07) is 7.33. The number of hydrogen-bond acceptors (Lipinski definition) is 5. The van der Waals surface area contributed by atoms with Crippen LogP contribution in [0.3, 0.4) is 0 Å². The van der Waals surface area contributed by atoms with Gasteiger partial charge in [0.2, 0.25) is 0 Å². The molecule has 0 saturated heterocycles. The Morgan fingerprint density at radius 2 is 1.31 bits per heavy atom. The summed E-state index contributed by atoms with van der Waals surface area (Å²) in [4.78, 5) is 8.25. The molecule has 0 fully saturated rings. The Balaban J connectivity index is 2.88. The molecular weight excluding hydrogens is 348 g/mol. The second-order valence-corrected chi connectivity index (χ2v) is 8.56. The molecule has 2 aromatic rings. The molecule has 1 heterocycles. The van der Waals surface area contributed by atoms with E-state index in [0.717, 1.165) is 11.1 Å². The second-order valence-electron chi connectivity index (χ2n) is 8.20. The van der Waals surface area contributed by atoms with E-state index in [1.165, 1.54) is 0 Å². The Bertz CT molecular complexity index is 919. The van der Waals surface area contributed by atoms with Gasteiger partial charge in [0.05, 0.1) is 0 Å². The molecule has 6 heteroatoms. The van der Waals surface area contributed by atoms with E-state index in [1.54, 1.807) is 0 Å². The van der Waals surface area contributed by atoms with Crippen LogP contribution in [0.4, 0.5) is 0 Å². The molecule has 5 nitrogen and oxygen atoms in total. The minimum Gasteiger partial charge on any atom is -0.507 e. The van der Waals surface area contributed by atoms with E-state index >= 15 is 0 Å². The molecule has 0 aliphatic rings. The van der Waals surface area contributed by atoms with Crippen molar-refractivity contribution in [2.75, 3.05) is 0 Å². The fraction of sp³-hybridized carbons (Fsp3) is 0.400. The number of benzene rings is 1. The lowest BCUT2D eigenvalue weighted by Gasteiger charge is -2.28. The summed E-state index contributed by atoms with van der Waals surface area (Å²) in [6.45, 7) is 12.0. The lowest BCUT2D eigenvalue weighted by molar-refractivity contribution is 0.423. The minimum atomic E-state index is -0.315. The SMILES string of the molecule is CC(C)(C)c1cc(-c2nc(C#N)c(C#N)nc2Cl)cc(C(C)(C)C)c1O. The Labute approximate surface area is 158 Å². The van der Waals surface area contributed by atoms with Crippen LogP contribution in [-0.2, 0) is 10.8 Å². The van der Waals surface area contributed by atoms with Crippen molar-refractivity contribution in [3.8, 4) is 29.1 Å². The normalized spacial score (nSPS) is 11.7. The number of rotatable bonds is 1. The van der Waals surface area contributed by atoms with Crippen molar-refractivity contribution in [3.63, 3.8) is 0 Å². The van der Waals surface area contributed by atoms with Crippen LogP contribution in [0.5, 0.6) is 5.75 Å². The number of halogens is 1. The highest BCUT2D eigenvalue weighted by atomic mass is 35.5. The molecule has 0 radical (unpaired) electrons. The molecule has 0 bridgehead atoms. The number of phenolic OH excluding ortho intramolecular Hbond substituents is 1. The van der Waals surface area contributed by atoms with Crippen molar-refractivity contribution in [1.29, 1.82) is 10.5 Å². The molecule has 1 aromatic carbocycles. The van der Waals surface area contributed by atoms with Gasteiger partial charge in [0, 0.05) is 16.7 Å². The van der Waals surface area contributed by atoms with Gasteiger partial charge < -0.3 is 5.11 Å². The topological polar surface area (TPSA) is 93.6 Å². The molecule has 0 unspecified atom stereocenters. The lowest BCUT2D eigenvalue weighted by atomic mass is 9.78. The first-order chi connectivity index (χ1) is 11.9. The summed E-state index contributed by atoms with van der Waals surface area (Å²) in [6.07, 6.45) is 0. The second kappa shape index (κ2) is 6.59. The Hall–Kier alpha value is -2.63. The molecule has 26 heavy (non-hydrogen) atoms. The molecule has 2 rings (SSSR count). The third kappa shape index (κ3) is 3.64. The van der Waals surface area contributed by atoms with Crippen molar-refractivity contribution in [2.24, 2.45) is 0 Å². The average molecular weight is 369 g/mol. The van der Waals surface area contributed by atoms with Crippen molar-refractivity contribution in [1.82, 2.24) is 9.97 Å². The van der Waals surface area contributed by atoms with Gasteiger partial charge >= 0.3 is 0 Å². The van der Waals surface area contributed by atoms with Crippen LogP contribution in [0, 0.1) is 22.7 Å². The van der Waals surface area contributed by atoms with Gasteiger partial charge in [-0.2, -0.15) is 10.5 Å². The molecule has 0 saturated carbocycles. The van der Waals surface area contributed by atoms with Gasteiger partial charge in [0.1, 0.15) is 23.6 Å². The molecule has 0 atom stereocenters. The van der Waals surface area contributed by atoms with Crippen LogP contribution in [-0.4, -0.2) is 15.1 Å². The van der Waals surface area contributed by atoms with Gasteiger partial charge in [-0.3, -0.25) is 0 Å². The van der Waals surface area contributed by atoms with Gasteiger partial charge in [-0.15, -0.1) is 0 Å². The van der Waals surface area contributed by atoms with E-state index in [2.05, 4.69) is 9.97 Å². The summed E-state index contributed by atoms with van der Waals surface area (Å²) in [5.74, 6) is 0.243. The van der Waals surface area contributed by atoms with E-state index in [1.807, 2.05) is 65.8 Å². The highest BCUT2D eigenvalue weighted by Gasteiger charge is 2.28. The molecule has 1 N–H and O–H groups in total. The first-order valence-electron chi connectivity index (χ1n) is 8.16. The van der Waals surface area contributed by atoms with Gasteiger partial charge in [-0.05, 0) is 23.0 Å². The quantitative estimate of drug-likeness (QED) is 0.777. The van der Waals surface area contributed by atoms with E-state index in [0.29, 0.717) is 11.3 Å². The highest BCUT2D eigenvalue weighted by Crippen LogP contribution is 2.42. The third-order valence-corrected chi connectivity index (χ3v) is 4.33. The monoisotopic (exact) mass is 368 g/mol. The van der Waals surface area contributed by atoms with Crippen LogP contribution >= 0.6 is 11.6 Å². The van der Waals surface area contributed by atoms with Crippen molar-refractivity contribution in [2.45, 2.75) is 52.4 Å². The zero-order valence-electron chi connectivity index (χ0n) is 15.8. The highest BCUT2D eigenvalue weighted by molar-refractivity contribution is 6.31. The molecule has 0 aliphatic heterocycles. The lowest BCUT2D eigenvalue weighted by Crippen LogP contribution is -2.17. The number of aromatic hydroxyl groups is 1. The van der Waals surface area contributed by atoms with Crippen molar-refractivity contribution < 1.29 is 5.11 Å².